The summed E-state index contributed by atoms with van der Waals surface area (Å²) in [5.41, 5.74) is -0.0972. The lowest BCUT2D eigenvalue weighted by Gasteiger charge is -2.16. The Balaban J connectivity index is 2.83. The summed E-state index contributed by atoms with van der Waals surface area (Å²) in [5, 5.41) is 22.6. The molecule has 0 saturated carbocycles. The fraction of sp³-hybridized carbons (Fsp3) is 0.417. The first-order chi connectivity index (χ1) is 9.86. The average Bonchev–Trinajstić information content (AvgIpc) is 2.40. The number of nitrogens with one attached hydrogen (secondary N) is 1. The van der Waals surface area contributed by atoms with Gasteiger partial charge >= 0.3 is 5.97 Å². The zero-order valence-corrected chi connectivity index (χ0v) is 14.3. The van der Waals surface area contributed by atoms with Gasteiger partial charge < -0.3 is 15.2 Å². The molecule has 9 heteroatoms. The summed E-state index contributed by atoms with van der Waals surface area (Å²) < 4.78 is 6.22. The molecule has 2 N–H and O–H groups in total. The molecule has 0 radical (unpaired) electrons. The van der Waals surface area contributed by atoms with Gasteiger partial charge in [0.05, 0.1) is 13.9 Å². The molecule has 0 bridgehead atoms. The second-order valence-electron chi connectivity index (χ2n) is 4.15. The number of halogens is 2. The standard InChI is InChI=1S/C12H14Br2N2O5/c1-2-3-15-10(12(17)18)6-21-11-8(13)4-7(16(19)20)5-9(11)14/h4-5,10,15H,2-3,6H2,1H3,(H,17,18). The summed E-state index contributed by atoms with van der Waals surface area (Å²) in [4.78, 5) is 21.3. The maximum Gasteiger partial charge on any atom is 0.324 e. The van der Waals surface area contributed by atoms with E-state index in [0.29, 0.717) is 21.2 Å². The maximum absolute atomic E-state index is 11.1. The van der Waals surface area contributed by atoms with Gasteiger partial charge in [-0.2, -0.15) is 0 Å². The van der Waals surface area contributed by atoms with Crippen LogP contribution in [0, 0.1) is 10.1 Å². The Morgan fingerprint density at radius 3 is 2.48 bits per heavy atom. The summed E-state index contributed by atoms with van der Waals surface area (Å²) in [7, 11) is 0. The van der Waals surface area contributed by atoms with Gasteiger partial charge in [-0.3, -0.25) is 14.9 Å². The van der Waals surface area contributed by atoms with Crippen LogP contribution in [0.5, 0.6) is 5.75 Å². The molecule has 0 aliphatic heterocycles. The number of carboxylic acids is 1. The van der Waals surface area contributed by atoms with Gasteiger partial charge in [0.25, 0.3) is 5.69 Å². The quantitative estimate of drug-likeness (QED) is 0.490. The minimum Gasteiger partial charge on any atom is -0.489 e. The number of benzene rings is 1. The van der Waals surface area contributed by atoms with E-state index in [1.54, 1.807) is 0 Å². The molecule has 0 aliphatic rings. The Bertz CT molecular complexity index is 515. The molecular weight excluding hydrogens is 412 g/mol. The van der Waals surface area contributed by atoms with Crippen molar-refractivity contribution in [1.29, 1.82) is 0 Å². The van der Waals surface area contributed by atoms with E-state index in [1.807, 2.05) is 6.92 Å². The first-order valence-corrected chi connectivity index (χ1v) is 7.67. The molecule has 1 unspecified atom stereocenters. The minimum absolute atomic E-state index is 0.0929. The van der Waals surface area contributed by atoms with Crippen molar-refractivity contribution in [2.45, 2.75) is 19.4 Å². The van der Waals surface area contributed by atoms with Crippen molar-refractivity contribution in [2.24, 2.45) is 0 Å². The third kappa shape index (κ3) is 5.25. The lowest BCUT2D eigenvalue weighted by Crippen LogP contribution is -2.41. The number of rotatable bonds is 8. The van der Waals surface area contributed by atoms with Gasteiger partial charge in [-0.25, -0.2) is 0 Å². The van der Waals surface area contributed by atoms with E-state index in [9.17, 15) is 14.9 Å². The molecule has 21 heavy (non-hydrogen) atoms. The summed E-state index contributed by atoms with van der Waals surface area (Å²) in [6, 6.07) is 1.75. The first kappa shape index (κ1) is 17.9. The average molecular weight is 426 g/mol. The fourth-order valence-electron chi connectivity index (χ4n) is 1.49. The van der Waals surface area contributed by atoms with Crippen molar-refractivity contribution in [3.05, 3.63) is 31.2 Å². The maximum atomic E-state index is 11.1. The van der Waals surface area contributed by atoms with E-state index in [1.165, 1.54) is 12.1 Å². The Morgan fingerprint density at radius 1 is 1.48 bits per heavy atom. The summed E-state index contributed by atoms with van der Waals surface area (Å²) in [6.07, 6.45) is 0.800. The lowest BCUT2D eigenvalue weighted by molar-refractivity contribution is -0.385. The van der Waals surface area contributed by atoms with Crippen LogP contribution in [0.2, 0.25) is 0 Å². The van der Waals surface area contributed by atoms with Crippen LogP contribution >= 0.6 is 31.9 Å². The van der Waals surface area contributed by atoms with Gasteiger partial charge in [0.1, 0.15) is 18.4 Å². The smallest absolute Gasteiger partial charge is 0.324 e. The Hall–Kier alpha value is -1.19. The zero-order chi connectivity index (χ0) is 16.0. The summed E-state index contributed by atoms with van der Waals surface area (Å²) >= 11 is 6.36. The van der Waals surface area contributed by atoms with Crippen molar-refractivity contribution >= 4 is 43.5 Å². The molecule has 0 spiro atoms. The second-order valence-corrected chi connectivity index (χ2v) is 5.86. The Kier molecular flexibility index (Phi) is 7.06. The van der Waals surface area contributed by atoms with E-state index in [4.69, 9.17) is 9.84 Å². The SMILES string of the molecule is CCCNC(COc1c(Br)cc([N+](=O)[O-])cc1Br)C(=O)O. The number of ether oxygens (including phenoxy) is 1. The van der Waals surface area contributed by atoms with Crippen LogP contribution in [0.4, 0.5) is 5.69 Å². The molecule has 0 aliphatic carbocycles. The topological polar surface area (TPSA) is 102 Å². The fourth-order valence-corrected chi connectivity index (χ4v) is 2.88. The largest absolute Gasteiger partial charge is 0.489 e. The number of nitro groups is 1. The van der Waals surface area contributed by atoms with Gasteiger partial charge in [-0.05, 0) is 44.8 Å². The first-order valence-electron chi connectivity index (χ1n) is 6.09. The molecule has 1 aromatic rings. The van der Waals surface area contributed by atoms with Crippen LogP contribution in [-0.4, -0.2) is 35.2 Å². The third-order valence-electron chi connectivity index (χ3n) is 2.53. The molecule has 7 nitrogen and oxygen atoms in total. The predicted octanol–water partition coefficient (Wildman–Crippen LogP) is 2.95. The van der Waals surface area contributed by atoms with Crippen molar-refractivity contribution in [3.8, 4) is 5.75 Å². The van der Waals surface area contributed by atoms with Gasteiger partial charge in [0.2, 0.25) is 0 Å². The van der Waals surface area contributed by atoms with Crippen LogP contribution in [0.15, 0.2) is 21.1 Å². The molecule has 0 heterocycles. The monoisotopic (exact) mass is 424 g/mol. The molecule has 0 aromatic heterocycles. The molecule has 1 atom stereocenters. The highest BCUT2D eigenvalue weighted by molar-refractivity contribution is 9.11. The summed E-state index contributed by atoms with van der Waals surface area (Å²) in [5.74, 6) is -0.692. The highest BCUT2D eigenvalue weighted by atomic mass is 79.9. The number of aliphatic carboxylic acids is 1. The van der Waals surface area contributed by atoms with E-state index < -0.39 is 16.9 Å². The zero-order valence-electron chi connectivity index (χ0n) is 11.1. The lowest BCUT2D eigenvalue weighted by atomic mass is 10.3. The van der Waals surface area contributed by atoms with Gasteiger partial charge in [-0.1, -0.05) is 6.92 Å². The van der Waals surface area contributed by atoms with Gasteiger partial charge in [0, 0.05) is 12.1 Å². The number of nitrogens with zero attached hydrogens (tertiary/aromatic N) is 1. The number of hydrogen-bond donors (Lipinski definition) is 2. The van der Waals surface area contributed by atoms with Crippen LogP contribution in [-0.2, 0) is 4.79 Å². The normalized spacial score (nSPS) is 12.0. The number of non-ortho nitro benzene ring substituents is 1. The van der Waals surface area contributed by atoms with Gasteiger partial charge in [-0.15, -0.1) is 0 Å². The van der Waals surface area contributed by atoms with Crippen LogP contribution < -0.4 is 10.1 Å². The Morgan fingerprint density at radius 2 is 2.05 bits per heavy atom. The van der Waals surface area contributed by atoms with Crippen molar-refractivity contribution in [1.82, 2.24) is 5.32 Å². The number of hydrogen-bond acceptors (Lipinski definition) is 5. The van der Waals surface area contributed by atoms with Crippen LogP contribution in [0.1, 0.15) is 13.3 Å². The molecule has 1 rings (SSSR count). The molecule has 116 valence electrons. The van der Waals surface area contributed by atoms with Crippen molar-refractivity contribution < 1.29 is 19.6 Å². The number of nitro benzene ring substituents is 1. The predicted molar refractivity (Wildman–Crippen MR) is 83.7 cm³/mol. The second kappa shape index (κ2) is 8.30. The highest BCUT2D eigenvalue weighted by Gasteiger charge is 2.20. The van der Waals surface area contributed by atoms with Crippen molar-refractivity contribution in [2.75, 3.05) is 13.2 Å². The van der Waals surface area contributed by atoms with E-state index >= 15 is 0 Å². The van der Waals surface area contributed by atoms with Gasteiger partial charge in [0.15, 0.2) is 0 Å². The molecule has 1 aromatic carbocycles. The van der Waals surface area contributed by atoms with Crippen LogP contribution in [0.25, 0.3) is 0 Å². The molecule has 0 amide bonds. The molecule has 0 fully saturated rings. The van der Waals surface area contributed by atoms with Crippen LogP contribution in [0.3, 0.4) is 0 Å². The van der Waals surface area contributed by atoms with E-state index in [2.05, 4.69) is 37.2 Å². The summed E-state index contributed by atoms with van der Waals surface area (Å²) in [6.45, 7) is 2.39. The molecular formula is C12H14Br2N2O5. The number of carboxylic acid groups (broad SMARTS) is 1. The molecule has 0 saturated heterocycles. The van der Waals surface area contributed by atoms with E-state index in [-0.39, 0.29) is 12.3 Å². The highest BCUT2D eigenvalue weighted by Crippen LogP contribution is 2.37. The number of carbonyl (C=O) groups is 1. The third-order valence-corrected chi connectivity index (χ3v) is 3.71. The minimum atomic E-state index is -1.02. The van der Waals surface area contributed by atoms with Crippen molar-refractivity contribution in [3.63, 3.8) is 0 Å². The Labute approximate surface area is 138 Å². The van der Waals surface area contributed by atoms with E-state index in [0.717, 1.165) is 6.42 Å².